The van der Waals surface area contributed by atoms with E-state index in [1.54, 1.807) is 0 Å². The van der Waals surface area contributed by atoms with Crippen LogP contribution in [0.4, 0.5) is 22.7 Å². The molecule has 0 saturated heterocycles. The van der Waals surface area contributed by atoms with Crippen LogP contribution in [0.3, 0.4) is 0 Å². The third-order valence-corrected chi connectivity index (χ3v) is 13.8. The molecular formula is C65H64N4OPt+2. The van der Waals surface area contributed by atoms with Crippen molar-refractivity contribution in [1.29, 1.82) is 0 Å². The minimum atomic E-state index is -0.0634. The quantitative estimate of drug-likeness (QED) is 0.118. The van der Waals surface area contributed by atoms with Gasteiger partial charge in [-0.2, -0.15) is 12.1 Å². The average molecular weight is 1110 g/mol. The normalized spacial score (nSPS) is 13.0. The van der Waals surface area contributed by atoms with Crippen molar-refractivity contribution in [2.45, 2.75) is 112 Å². The van der Waals surface area contributed by atoms with E-state index in [1.807, 2.05) is 24.4 Å². The maximum atomic E-state index is 6.74. The Morgan fingerprint density at radius 2 is 1.17 bits per heavy atom. The molecule has 1 aliphatic rings. The first-order valence-corrected chi connectivity index (χ1v) is 24.6. The molecule has 0 bridgehead atoms. The number of benzene rings is 7. The fourth-order valence-corrected chi connectivity index (χ4v) is 9.55. The van der Waals surface area contributed by atoms with Crippen LogP contribution in [0.25, 0.3) is 49.9 Å². The van der Waals surface area contributed by atoms with Gasteiger partial charge in [0.05, 0.1) is 5.56 Å². The van der Waals surface area contributed by atoms with Gasteiger partial charge in [-0.1, -0.05) is 184 Å². The Hall–Kier alpha value is -6.64. The third-order valence-electron chi connectivity index (χ3n) is 13.8. The average Bonchev–Trinajstić information content (AvgIpc) is 3.87. The molecule has 0 spiro atoms. The van der Waals surface area contributed by atoms with Gasteiger partial charge in [0.1, 0.15) is 11.5 Å². The molecule has 5 nitrogen and oxygen atoms in total. The molecule has 9 aromatic rings. The molecule has 10 rings (SSSR count). The van der Waals surface area contributed by atoms with Gasteiger partial charge in [0.15, 0.2) is 0 Å². The maximum Gasteiger partial charge on any atom is 2.00 e. The fraction of sp³-hybridized carbons (Fsp3) is 0.262. The number of rotatable bonds is 7. The molecule has 2 aromatic heterocycles. The smallest absolute Gasteiger partial charge is 0.509 e. The van der Waals surface area contributed by atoms with Crippen LogP contribution >= 0.6 is 0 Å². The summed E-state index contributed by atoms with van der Waals surface area (Å²) in [6.07, 6.45) is 2.00. The SMILES string of the molecule is Cc1cc(-n2c3[c-]c(Oc4[c-]c([N+]5=C=[N+](c6cc(C(C)(C)C)cc(C(C)(C)C)c6)c6c(-c7cccc(C(C)(C)C)c7)cccc65)ccc4)ccc3c3ccccc32)ncc1-c1ccc(C(C)(C)C)cc1.[Pt+2]. The fourth-order valence-electron chi connectivity index (χ4n) is 9.55. The van der Waals surface area contributed by atoms with Gasteiger partial charge in [-0.3, -0.25) is 0 Å². The summed E-state index contributed by atoms with van der Waals surface area (Å²) >= 11 is 0. The van der Waals surface area contributed by atoms with Crippen molar-refractivity contribution < 1.29 is 25.8 Å². The van der Waals surface area contributed by atoms with Gasteiger partial charge in [-0.25, -0.2) is 4.98 Å². The van der Waals surface area contributed by atoms with E-state index >= 15 is 0 Å². The van der Waals surface area contributed by atoms with Gasteiger partial charge in [-0.15, -0.1) is 23.6 Å². The van der Waals surface area contributed by atoms with E-state index < -0.39 is 0 Å². The van der Waals surface area contributed by atoms with E-state index in [0.717, 1.165) is 78.2 Å². The van der Waals surface area contributed by atoms with E-state index in [4.69, 9.17) is 9.72 Å². The van der Waals surface area contributed by atoms with Crippen molar-refractivity contribution in [1.82, 2.24) is 18.7 Å². The molecule has 7 aromatic carbocycles. The Morgan fingerprint density at radius 3 is 1.85 bits per heavy atom. The minimum absolute atomic E-state index is 0. The summed E-state index contributed by atoms with van der Waals surface area (Å²) in [7, 11) is 0. The predicted molar refractivity (Wildman–Crippen MR) is 294 cm³/mol. The summed E-state index contributed by atoms with van der Waals surface area (Å²) in [4.78, 5) is 5.10. The van der Waals surface area contributed by atoms with Gasteiger partial charge >= 0.3 is 32.8 Å². The summed E-state index contributed by atoms with van der Waals surface area (Å²) < 4.78 is 13.3. The zero-order valence-corrected chi connectivity index (χ0v) is 45.7. The standard InChI is InChI=1S/C65H64N4O.Pt/c1-42-33-60(66-40-56(42)43-27-29-45(30-28-43)62(2,3)4)69-57-25-15-14-23-54(57)55-32-31-52(39-59(55)69)70-51-22-17-21-49(38-51)67-41-68(50-36-47(64(8,9)10)35-48(37-50)65(11,12)13)61-53(24-18-26-58(61)67)44-19-16-20-46(34-44)63(5,6)7;/h14-37,40H,1-13H3;/q;+2. The van der Waals surface area contributed by atoms with E-state index in [9.17, 15) is 0 Å². The summed E-state index contributed by atoms with van der Waals surface area (Å²) in [6.45, 7) is 29.5. The van der Waals surface area contributed by atoms with Gasteiger partial charge in [0, 0.05) is 47.0 Å². The molecule has 0 unspecified atom stereocenters. The van der Waals surface area contributed by atoms with Crippen LogP contribution in [-0.2, 0) is 42.7 Å². The topological polar surface area (TPSA) is 33.1 Å². The number of aryl methyl sites for hydroxylation is 1. The Labute approximate surface area is 435 Å². The van der Waals surface area contributed by atoms with Crippen LogP contribution < -0.4 is 13.9 Å². The van der Waals surface area contributed by atoms with Crippen molar-refractivity contribution in [3.05, 3.63) is 192 Å². The van der Waals surface area contributed by atoms with Gasteiger partial charge < -0.3 is 9.30 Å². The summed E-state index contributed by atoms with van der Waals surface area (Å²) in [5.41, 5.74) is 16.8. The number of ether oxygens (including phenoxy) is 1. The number of nitrogens with zero attached hydrogens (tertiary/aromatic N) is 4. The first-order chi connectivity index (χ1) is 33.1. The number of fused-ring (bicyclic) bond motifs is 4. The predicted octanol–water partition coefficient (Wildman–Crippen LogP) is 17.3. The summed E-state index contributed by atoms with van der Waals surface area (Å²) in [5, 5.41) is 2.21. The molecule has 0 N–H and O–H groups in total. The zero-order valence-electron chi connectivity index (χ0n) is 43.4. The van der Waals surface area contributed by atoms with Crippen molar-refractivity contribution in [2.75, 3.05) is 0 Å². The number of aromatic nitrogens is 2. The molecule has 0 saturated carbocycles. The molecule has 358 valence electrons. The molecule has 3 heterocycles. The van der Waals surface area contributed by atoms with Crippen LogP contribution in [-0.4, -0.2) is 15.6 Å². The Kier molecular flexibility index (Phi) is 12.6. The van der Waals surface area contributed by atoms with E-state index in [2.05, 4.69) is 249 Å². The first kappa shape index (κ1) is 49.3. The number of para-hydroxylation sites is 2. The molecule has 0 atom stereocenters. The zero-order chi connectivity index (χ0) is 49.5. The second kappa shape index (κ2) is 18.2. The molecular weight excluding hydrogens is 1050 g/mol. The van der Waals surface area contributed by atoms with Crippen LogP contribution in [0.5, 0.6) is 11.5 Å². The molecule has 0 fully saturated rings. The Balaban J connectivity index is 0.00000624. The molecule has 0 amide bonds. The van der Waals surface area contributed by atoms with Crippen LogP contribution in [0, 0.1) is 19.1 Å². The third kappa shape index (κ3) is 9.51. The van der Waals surface area contributed by atoms with Gasteiger partial charge in [-0.05, 0) is 95.7 Å². The maximum absolute atomic E-state index is 6.74. The van der Waals surface area contributed by atoms with Crippen LogP contribution in [0.1, 0.15) is 111 Å². The summed E-state index contributed by atoms with van der Waals surface area (Å²) in [6, 6.07) is 63.5. The molecule has 6 heteroatoms. The summed E-state index contributed by atoms with van der Waals surface area (Å²) in [5.74, 6) is 1.99. The Morgan fingerprint density at radius 1 is 0.521 bits per heavy atom. The van der Waals surface area contributed by atoms with Crippen LogP contribution in [0.2, 0.25) is 0 Å². The van der Waals surface area contributed by atoms with Gasteiger partial charge in [0.2, 0.25) is 5.69 Å². The molecule has 0 aliphatic carbocycles. The Bertz CT molecular complexity index is 3560. The second-order valence-corrected chi connectivity index (χ2v) is 23.2. The molecule has 1 aliphatic heterocycles. The number of hydrogen-bond donors (Lipinski definition) is 0. The largest absolute Gasteiger partial charge is 2.00 e. The van der Waals surface area contributed by atoms with Crippen LogP contribution in [0.15, 0.2) is 152 Å². The van der Waals surface area contributed by atoms with E-state index in [1.165, 1.54) is 22.3 Å². The van der Waals surface area contributed by atoms with Crippen molar-refractivity contribution >= 4 is 50.6 Å². The number of pyridine rings is 1. The van der Waals surface area contributed by atoms with Crippen molar-refractivity contribution in [2.24, 2.45) is 0 Å². The second-order valence-electron chi connectivity index (χ2n) is 23.2. The minimum Gasteiger partial charge on any atom is -0.509 e. The van der Waals surface area contributed by atoms with Crippen molar-refractivity contribution in [3.63, 3.8) is 0 Å². The van der Waals surface area contributed by atoms with E-state index in [0.29, 0.717) is 11.5 Å². The number of hydrogen-bond acceptors (Lipinski definition) is 2. The molecule has 0 radical (unpaired) electrons. The van der Waals surface area contributed by atoms with Gasteiger partial charge in [0.25, 0.3) is 5.69 Å². The van der Waals surface area contributed by atoms with Crippen molar-refractivity contribution in [3.8, 4) is 39.6 Å². The molecule has 71 heavy (non-hydrogen) atoms. The first-order valence-electron chi connectivity index (χ1n) is 24.6. The monoisotopic (exact) mass is 1110 g/mol. The van der Waals surface area contributed by atoms with E-state index in [-0.39, 0.29) is 42.7 Å².